The summed E-state index contributed by atoms with van der Waals surface area (Å²) in [6.07, 6.45) is 7.21. The minimum Gasteiger partial charge on any atom is -0.271 e. The number of hydrogen-bond acceptors (Lipinski definition) is 4. The largest absolute Gasteiger partial charge is 0.271 e. The van der Waals surface area contributed by atoms with Gasteiger partial charge in [0.25, 0.3) is 0 Å². The molecule has 3 heterocycles. The van der Waals surface area contributed by atoms with Crippen LogP contribution in [0.5, 0.6) is 0 Å². The van der Waals surface area contributed by atoms with E-state index >= 15 is 0 Å². The van der Waals surface area contributed by atoms with E-state index in [1.54, 1.807) is 27.3 Å². The highest BCUT2D eigenvalue weighted by Crippen LogP contribution is 2.42. The summed E-state index contributed by atoms with van der Waals surface area (Å²) >= 11 is 0. The summed E-state index contributed by atoms with van der Waals surface area (Å²) in [5, 5.41) is 9.83. The molecule has 0 saturated carbocycles. The summed E-state index contributed by atoms with van der Waals surface area (Å²) in [6.45, 7) is 5.60. The number of fused-ring (bicyclic) bond motifs is 1. The molecule has 0 amide bonds. The summed E-state index contributed by atoms with van der Waals surface area (Å²) in [5.74, 6) is -0.292. The second kappa shape index (κ2) is 10.3. The molecule has 5 aromatic rings. The zero-order valence-corrected chi connectivity index (χ0v) is 23.5. The van der Waals surface area contributed by atoms with E-state index in [0.717, 1.165) is 34.1 Å². The molecule has 2 aromatic heterocycles. The Balaban J connectivity index is 1.41. The molecule has 40 heavy (non-hydrogen) atoms. The maximum absolute atomic E-state index is 13.7. The number of aryl methyl sites for hydroxylation is 2. The Hall–Kier alpha value is -3.82. The van der Waals surface area contributed by atoms with Gasteiger partial charge in [-0.1, -0.05) is 37.3 Å². The summed E-state index contributed by atoms with van der Waals surface area (Å²) < 4.78 is 46.1. The molecule has 1 aliphatic rings. The number of nitrogens with zero attached hydrogens (tertiary/aromatic N) is 5. The molecule has 0 aliphatic carbocycles. The maximum Gasteiger partial charge on any atom is 0.246 e. The van der Waals surface area contributed by atoms with Crippen LogP contribution < -0.4 is 0 Å². The molecule has 1 fully saturated rings. The van der Waals surface area contributed by atoms with Gasteiger partial charge in [-0.15, -0.1) is 0 Å². The number of hydrogen-bond donors (Lipinski definition) is 0. The van der Waals surface area contributed by atoms with Crippen molar-refractivity contribution in [1.29, 1.82) is 0 Å². The monoisotopic (exact) mass is 557 g/mol. The van der Waals surface area contributed by atoms with Crippen LogP contribution in [0, 0.1) is 12.7 Å². The van der Waals surface area contributed by atoms with Crippen LogP contribution in [0.4, 0.5) is 4.39 Å². The minimum absolute atomic E-state index is 0.240. The van der Waals surface area contributed by atoms with Crippen LogP contribution >= 0.6 is 0 Å². The SMILES string of the molecule is CCCn1cc(S(=O)(=O)N2CC[C@](Cc3ccccc3)(c3cc4cnn(-c5ccc(F)cc5)c4cc3C)C2)cn1. The quantitative estimate of drug-likeness (QED) is 0.247. The highest BCUT2D eigenvalue weighted by Gasteiger charge is 2.45. The Morgan fingerprint density at radius 1 is 1.00 bits per heavy atom. The van der Waals surface area contributed by atoms with Crippen molar-refractivity contribution in [3.8, 4) is 5.69 Å². The van der Waals surface area contributed by atoms with Crippen LogP contribution in [0.25, 0.3) is 16.6 Å². The number of benzene rings is 3. The van der Waals surface area contributed by atoms with Crippen LogP contribution in [-0.4, -0.2) is 45.4 Å². The van der Waals surface area contributed by atoms with Gasteiger partial charge in [-0.25, -0.2) is 17.5 Å². The first-order valence-corrected chi connectivity index (χ1v) is 15.0. The first kappa shape index (κ1) is 26.4. The van der Waals surface area contributed by atoms with Gasteiger partial charge >= 0.3 is 0 Å². The van der Waals surface area contributed by atoms with Crippen molar-refractivity contribution in [3.05, 3.63) is 108 Å². The molecule has 0 spiro atoms. The first-order valence-electron chi connectivity index (χ1n) is 13.6. The first-order chi connectivity index (χ1) is 19.3. The molecule has 1 saturated heterocycles. The lowest BCUT2D eigenvalue weighted by Gasteiger charge is -2.32. The molecule has 0 radical (unpaired) electrons. The van der Waals surface area contributed by atoms with E-state index in [9.17, 15) is 12.8 Å². The maximum atomic E-state index is 13.7. The standard InChI is InChI=1S/C31H32FN5O2S/c1-3-14-35-21-28(20-33-35)40(38,39)36-15-13-31(22-36,18-24-7-5-4-6-8-24)29-17-25-19-34-37(30(25)16-23(29)2)27-11-9-26(32)10-12-27/h4-12,16-17,19-21H,3,13-15,18,22H2,1-2H3/t31-/m1/s1. The lowest BCUT2D eigenvalue weighted by atomic mass is 9.73. The number of rotatable bonds is 8. The van der Waals surface area contributed by atoms with Gasteiger partial charge in [0.1, 0.15) is 10.7 Å². The summed E-state index contributed by atoms with van der Waals surface area (Å²) in [4.78, 5) is 0.240. The van der Waals surface area contributed by atoms with Crippen LogP contribution in [-0.2, 0) is 28.4 Å². The van der Waals surface area contributed by atoms with Crippen molar-refractivity contribution in [3.63, 3.8) is 0 Å². The van der Waals surface area contributed by atoms with Crippen molar-refractivity contribution in [2.45, 2.75) is 50.0 Å². The van der Waals surface area contributed by atoms with Gasteiger partial charge in [0.15, 0.2) is 0 Å². The van der Waals surface area contributed by atoms with Crippen LogP contribution in [0.2, 0.25) is 0 Å². The van der Waals surface area contributed by atoms with Gasteiger partial charge in [0, 0.05) is 36.6 Å². The lowest BCUT2D eigenvalue weighted by Crippen LogP contribution is -2.36. The van der Waals surface area contributed by atoms with E-state index in [-0.39, 0.29) is 10.7 Å². The molecule has 6 rings (SSSR count). The second-order valence-corrected chi connectivity index (χ2v) is 12.7. The molecule has 9 heteroatoms. The van der Waals surface area contributed by atoms with E-state index in [0.29, 0.717) is 32.5 Å². The fourth-order valence-corrected chi connectivity index (χ4v) is 7.48. The highest BCUT2D eigenvalue weighted by molar-refractivity contribution is 7.89. The average molecular weight is 558 g/mol. The predicted octanol–water partition coefficient (Wildman–Crippen LogP) is 5.65. The van der Waals surface area contributed by atoms with Gasteiger partial charge in [0.2, 0.25) is 10.0 Å². The number of aromatic nitrogens is 4. The van der Waals surface area contributed by atoms with E-state index in [4.69, 9.17) is 0 Å². The Morgan fingerprint density at radius 2 is 1.77 bits per heavy atom. The van der Waals surface area contributed by atoms with E-state index < -0.39 is 15.4 Å². The highest BCUT2D eigenvalue weighted by atomic mass is 32.2. The Labute approximate surface area is 233 Å². The Kier molecular flexibility index (Phi) is 6.80. The van der Waals surface area contributed by atoms with Crippen molar-refractivity contribution in [1.82, 2.24) is 23.9 Å². The van der Waals surface area contributed by atoms with Crippen molar-refractivity contribution < 1.29 is 12.8 Å². The lowest BCUT2D eigenvalue weighted by molar-refractivity contribution is 0.413. The van der Waals surface area contributed by atoms with Gasteiger partial charge in [-0.2, -0.15) is 14.5 Å². The third-order valence-electron chi connectivity index (χ3n) is 7.96. The number of halogens is 1. The van der Waals surface area contributed by atoms with Crippen LogP contribution in [0.1, 0.15) is 36.5 Å². The Morgan fingerprint density at radius 3 is 2.52 bits per heavy atom. The molecule has 0 bridgehead atoms. The molecule has 1 atom stereocenters. The summed E-state index contributed by atoms with van der Waals surface area (Å²) in [7, 11) is -3.70. The van der Waals surface area contributed by atoms with Crippen molar-refractivity contribution >= 4 is 20.9 Å². The topological polar surface area (TPSA) is 73.0 Å². The van der Waals surface area contributed by atoms with Crippen LogP contribution in [0.15, 0.2) is 90.2 Å². The normalized spacial score (nSPS) is 18.1. The molecule has 7 nitrogen and oxygen atoms in total. The van der Waals surface area contributed by atoms with E-state index in [1.165, 1.54) is 23.9 Å². The average Bonchev–Trinajstić information content (AvgIpc) is 3.69. The zero-order valence-electron chi connectivity index (χ0n) is 22.7. The summed E-state index contributed by atoms with van der Waals surface area (Å²) in [5.41, 5.74) is 4.66. The molecule has 0 N–H and O–H groups in total. The van der Waals surface area contributed by atoms with Gasteiger partial charge in [-0.3, -0.25) is 4.68 Å². The fraction of sp³-hybridized carbons (Fsp3) is 0.290. The Bertz CT molecular complexity index is 1760. The van der Waals surface area contributed by atoms with Crippen LogP contribution in [0.3, 0.4) is 0 Å². The van der Waals surface area contributed by atoms with Gasteiger partial charge in [0.05, 0.1) is 23.6 Å². The fourth-order valence-electron chi connectivity index (χ4n) is 6.00. The zero-order chi connectivity index (χ0) is 27.9. The molecule has 3 aromatic carbocycles. The minimum atomic E-state index is -3.70. The summed E-state index contributed by atoms with van der Waals surface area (Å²) in [6, 6.07) is 20.8. The third-order valence-corrected chi connectivity index (χ3v) is 9.76. The number of sulfonamides is 1. The second-order valence-electron chi connectivity index (χ2n) is 10.7. The molecular formula is C31H32FN5O2S. The predicted molar refractivity (Wildman–Crippen MR) is 153 cm³/mol. The smallest absolute Gasteiger partial charge is 0.246 e. The molecule has 1 aliphatic heterocycles. The molecular weight excluding hydrogens is 525 g/mol. The third kappa shape index (κ3) is 4.73. The molecule has 0 unspecified atom stereocenters. The molecule has 206 valence electrons. The van der Waals surface area contributed by atoms with Crippen molar-refractivity contribution in [2.75, 3.05) is 13.1 Å². The van der Waals surface area contributed by atoms with E-state index in [1.807, 2.05) is 36.0 Å². The van der Waals surface area contributed by atoms with Gasteiger partial charge < -0.3 is 0 Å². The van der Waals surface area contributed by atoms with E-state index in [2.05, 4.69) is 41.4 Å². The van der Waals surface area contributed by atoms with Gasteiger partial charge in [-0.05, 0) is 79.3 Å². The van der Waals surface area contributed by atoms with Crippen molar-refractivity contribution in [2.24, 2.45) is 0 Å².